The number of hydrogen-bond acceptors (Lipinski definition) is 5. The second-order valence-electron chi connectivity index (χ2n) is 11.1. The molecule has 5 aromatic carbocycles. The Morgan fingerprint density at radius 3 is 1.87 bits per heavy atom. The third-order valence-electron chi connectivity index (χ3n) is 7.27. The highest BCUT2D eigenvalue weighted by molar-refractivity contribution is 8.00. The molecule has 0 saturated carbocycles. The first-order valence-electron chi connectivity index (χ1n) is 15.1. The summed E-state index contributed by atoms with van der Waals surface area (Å²) in [6.07, 6.45) is 1.65. The molecule has 0 radical (unpaired) electrons. The Labute approximate surface area is 279 Å². The van der Waals surface area contributed by atoms with Gasteiger partial charge in [0.05, 0.1) is 0 Å². The number of nitrogens with one attached hydrogen (secondary N) is 3. The molecule has 0 aliphatic heterocycles. The monoisotopic (exact) mass is 640 g/mol. The molecular weight excluding hydrogens is 605 g/mol. The molecule has 47 heavy (non-hydrogen) atoms. The summed E-state index contributed by atoms with van der Waals surface area (Å²) in [5.74, 6) is -0.990. The lowest BCUT2D eigenvalue weighted by Gasteiger charge is -2.18. The van der Waals surface area contributed by atoms with Gasteiger partial charge in [-0.1, -0.05) is 78.4 Å². The zero-order valence-corrected chi connectivity index (χ0v) is 27.3. The molecule has 0 spiro atoms. The summed E-state index contributed by atoms with van der Waals surface area (Å²) < 4.78 is 0. The van der Waals surface area contributed by atoms with Gasteiger partial charge >= 0.3 is 0 Å². The van der Waals surface area contributed by atoms with E-state index in [9.17, 15) is 14.4 Å². The summed E-state index contributed by atoms with van der Waals surface area (Å²) in [4.78, 5) is 42.8. The lowest BCUT2D eigenvalue weighted by molar-refractivity contribution is -0.116. The molecule has 0 saturated heterocycles. The Morgan fingerprint density at radius 2 is 1.26 bits per heavy atom. The van der Waals surface area contributed by atoms with Crippen molar-refractivity contribution in [2.24, 2.45) is 0 Å². The first-order valence-corrected chi connectivity index (χ1v) is 16.0. The Morgan fingerprint density at radius 1 is 0.681 bits per heavy atom. The number of aryl methyl sites for hydroxylation is 1. The minimum absolute atomic E-state index is 0.104. The van der Waals surface area contributed by atoms with Gasteiger partial charge in [0, 0.05) is 41.6 Å². The van der Waals surface area contributed by atoms with E-state index in [-0.39, 0.29) is 17.5 Å². The minimum atomic E-state index is -0.500. The number of nitrogens with zero attached hydrogens (tertiary/aromatic N) is 1. The molecule has 0 heterocycles. The summed E-state index contributed by atoms with van der Waals surface area (Å²) in [6.45, 7) is 2.00. The van der Waals surface area contributed by atoms with Gasteiger partial charge in [-0.05, 0) is 84.8 Å². The lowest BCUT2D eigenvalue weighted by Crippen LogP contribution is -2.30. The van der Waals surface area contributed by atoms with Gasteiger partial charge in [0.1, 0.15) is 10.9 Å². The molecule has 7 nitrogen and oxygen atoms in total. The summed E-state index contributed by atoms with van der Waals surface area (Å²) in [5, 5.41) is 8.22. The molecule has 8 heteroatoms. The molecule has 0 aliphatic rings. The molecule has 1 atom stereocenters. The van der Waals surface area contributed by atoms with Gasteiger partial charge in [-0.15, -0.1) is 11.8 Å². The maximum absolute atomic E-state index is 13.5. The predicted octanol–water partition coefficient (Wildman–Crippen LogP) is 7.94. The van der Waals surface area contributed by atoms with Crippen molar-refractivity contribution in [2.45, 2.75) is 17.1 Å². The van der Waals surface area contributed by atoms with Crippen molar-refractivity contribution in [3.63, 3.8) is 0 Å². The number of benzene rings is 5. The van der Waals surface area contributed by atoms with Crippen molar-refractivity contribution in [3.05, 3.63) is 161 Å². The molecule has 0 bridgehead atoms. The topological polar surface area (TPSA) is 90.5 Å². The highest BCUT2D eigenvalue weighted by atomic mass is 32.2. The van der Waals surface area contributed by atoms with Gasteiger partial charge in [0.25, 0.3) is 11.8 Å². The van der Waals surface area contributed by atoms with Crippen molar-refractivity contribution in [3.8, 4) is 0 Å². The van der Waals surface area contributed by atoms with Crippen LogP contribution >= 0.6 is 11.8 Å². The second kappa shape index (κ2) is 15.6. The quantitative estimate of drug-likeness (QED) is 0.101. The number of carbonyl (C=O) groups excluding carboxylic acids is 3. The molecule has 0 aromatic heterocycles. The van der Waals surface area contributed by atoms with Crippen molar-refractivity contribution < 1.29 is 14.4 Å². The lowest BCUT2D eigenvalue weighted by atomic mass is 10.1. The van der Waals surface area contributed by atoms with Crippen molar-refractivity contribution in [1.29, 1.82) is 0 Å². The smallest absolute Gasteiger partial charge is 0.272 e. The number of amides is 3. The molecule has 5 aromatic rings. The van der Waals surface area contributed by atoms with Crippen LogP contribution in [0.5, 0.6) is 0 Å². The average molecular weight is 641 g/mol. The van der Waals surface area contributed by atoms with Gasteiger partial charge in [-0.2, -0.15) is 0 Å². The van der Waals surface area contributed by atoms with Crippen molar-refractivity contribution >= 4 is 52.6 Å². The van der Waals surface area contributed by atoms with E-state index in [1.165, 1.54) is 11.8 Å². The van der Waals surface area contributed by atoms with Crippen LogP contribution in [0.25, 0.3) is 6.08 Å². The fraction of sp³-hybridized carbons (Fsp3) is 0.103. The molecule has 3 N–H and O–H groups in total. The van der Waals surface area contributed by atoms with E-state index in [0.29, 0.717) is 11.3 Å². The molecule has 0 fully saturated rings. The second-order valence-corrected chi connectivity index (χ2v) is 12.3. The number of rotatable bonds is 11. The van der Waals surface area contributed by atoms with Crippen molar-refractivity contribution in [1.82, 2.24) is 5.32 Å². The van der Waals surface area contributed by atoms with Gasteiger partial charge in [0.2, 0.25) is 5.91 Å². The van der Waals surface area contributed by atoms with E-state index in [1.54, 1.807) is 42.5 Å². The summed E-state index contributed by atoms with van der Waals surface area (Å²) in [7, 11) is 3.91. The Kier molecular flexibility index (Phi) is 10.9. The first-order chi connectivity index (χ1) is 22.7. The fourth-order valence-corrected chi connectivity index (χ4v) is 5.70. The van der Waals surface area contributed by atoms with Gasteiger partial charge in [0.15, 0.2) is 0 Å². The van der Waals surface area contributed by atoms with Crippen LogP contribution in [0.4, 0.5) is 17.1 Å². The number of hydrogen-bond donors (Lipinski definition) is 3. The fourth-order valence-electron chi connectivity index (χ4n) is 4.67. The molecule has 5 rings (SSSR count). The van der Waals surface area contributed by atoms with E-state index in [2.05, 4.69) is 16.0 Å². The first kappa shape index (κ1) is 32.8. The van der Waals surface area contributed by atoms with Gasteiger partial charge in [-0.25, -0.2) is 0 Å². The van der Waals surface area contributed by atoms with Crippen LogP contribution < -0.4 is 20.9 Å². The van der Waals surface area contributed by atoms with Crippen LogP contribution in [-0.4, -0.2) is 31.8 Å². The van der Waals surface area contributed by atoms with Crippen LogP contribution in [0, 0.1) is 6.92 Å². The number of carbonyl (C=O) groups is 3. The van der Waals surface area contributed by atoms with Crippen LogP contribution in [0.15, 0.2) is 144 Å². The maximum atomic E-state index is 13.5. The number of thioether (sulfide) groups is 1. The van der Waals surface area contributed by atoms with Gasteiger partial charge < -0.3 is 20.9 Å². The largest absolute Gasteiger partial charge is 0.378 e. The van der Waals surface area contributed by atoms with E-state index in [4.69, 9.17) is 0 Å². The minimum Gasteiger partial charge on any atom is -0.378 e. The molecule has 0 aliphatic carbocycles. The standard InChI is InChI=1S/C39H36N4O3S/c1-27-14-18-31(19-15-27)41-39(46)36(29-10-6-4-7-11-29)47-34-24-20-32(21-25-34)40-38(45)35(42-37(44)30-12-8-5-9-13-30)26-28-16-22-33(23-17-28)43(2)3/h4-26,36H,1-3H3,(H,40,45)(H,41,46)(H,42,44)/b35-26-. The van der Waals surface area contributed by atoms with E-state index in [0.717, 1.165) is 33.0 Å². The summed E-state index contributed by atoms with van der Waals surface area (Å²) in [6, 6.07) is 41.0. The number of anilines is 3. The Balaban J connectivity index is 1.33. The summed E-state index contributed by atoms with van der Waals surface area (Å²) in [5.41, 5.74) is 5.59. The zero-order chi connectivity index (χ0) is 33.2. The normalized spacial score (nSPS) is 11.7. The SMILES string of the molecule is Cc1ccc(NC(=O)C(Sc2ccc(NC(=O)/C(=C/c3ccc(N(C)C)cc3)NC(=O)c3ccccc3)cc2)c2ccccc2)cc1. The van der Waals surface area contributed by atoms with Crippen molar-refractivity contribution in [2.75, 3.05) is 29.6 Å². The molecule has 236 valence electrons. The van der Waals surface area contributed by atoms with E-state index < -0.39 is 11.2 Å². The summed E-state index contributed by atoms with van der Waals surface area (Å²) >= 11 is 1.42. The maximum Gasteiger partial charge on any atom is 0.272 e. The zero-order valence-electron chi connectivity index (χ0n) is 26.4. The van der Waals surface area contributed by atoms with Gasteiger partial charge in [-0.3, -0.25) is 14.4 Å². The molecule has 1 unspecified atom stereocenters. The van der Waals surface area contributed by atoms with E-state index >= 15 is 0 Å². The van der Waals surface area contributed by atoms with E-state index in [1.807, 2.05) is 123 Å². The highest BCUT2D eigenvalue weighted by Crippen LogP contribution is 2.37. The van der Waals surface area contributed by atoms with Crippen LogP contribution in [0.1, 0.15) is 32.3 Å². The Bertz CT molecular complexity index is 1840. The Hall–Kier alpha value is -5.60. The predicted molar refractivity (Wildman–Crippen MR) is 193 cm³/mol. The molecular formula is C39H36N4O3S. The molecule has 3 amide bonds. The van der Waals surface area contributed by atoms with Crippen LogP contribution in [-0.2, 0) is 9.59 Å². The van der Waals surface area contributed by atoms with Crippen LogP contribution in [0.3, 0.4) is 0 Å². The highest BCUT2D eigenvalue weighted by Gasteiger charge is 2.22. The third kappa shape index (κ3) is 9.22. The average Bonchev–Trinajstić information content (AvgIpc) is 3.09. The van der Waals surface area contributed by atoms with Crippen LogP contribution in [0.2, 0.25) is 0 Å². The third-order valence-corrected chi connectivity index (χ3v) is 8.54.